The van der Waals surface area contributed by atoms with Gasteiger partial charge in [-0.05, 0) is 18.1 Å². The van der Waals surface area contributed by atoms with E-state index in [9.17, 15) is 9.59 Å². The molecule has 0 unspecified atom stereocenters. The second-order valence-electron chi connectivity index (χ2n) is 4.47. The second kappa shape index (κ2) is 6.49. The molecule has 0 aliphatic rings. The Hall–Kier alpha value is -2.93. The summed E-state index contributed by atoms with van der Waals surface area (Å²) < 4.78 is 0. The van der Waals surface area contributed by atoms with Gasteiger partial charge < -0.3 is 5.73 Å². The SMILES string of the molecule is N#C[CH]Cc1ccc(C(=O)c2ccccc2)cc1C(N)=O. The lowest BCUT2D eigenvalue weighted by Crippen LogP contribution is -2.15. The number of hydrogen-bond donors (Lipinski definition) is 1. The lowest BCUT2D eigenvalue weighted by atomic mass is 9.96. The number of amides is 1. The average Bonchev–Trinajstić information content (AvgIpc) is 2.52. The van der Waals surface area contributed by atoms with Crippen molar-refractivity contribution in [1.29, 1.82) is 5.26 Å². The number of hydrogen-bond acceptors (Lipinski definition) is 3. The van der Waals surface area contributed by atoms with Crippen molar-refractivity contribution in [3.05, 3.63) is 77.2 Å². The molecule has 0 fully saturated rings. The van der Waals surface area contributed by atoms with Gasteiger partial charge in [-0.15, -0.1) is 0 Å². The third-order valence-corrected chi connectivity index (χ3v) is 3.09. The first kappa shape index (κ1) is 14.5. The van der Waals surface area contributed by atoms with Gasteiger partial charge in [0.05, 0.1) is 12.5 Å². The summed E-state index contributed by atoms with van der Waals surface area (Å²) in [6.07, 6.45) is 1.69. The van der Waals surface area contributed by atoms with E-state index >= 15 is 0 Å². The highest BCUT2D eigenvalue weighted by molar-refractivity contribution is 6.10. The highest BCUT2D eigenvalue weighted by atomic mass is 16.1. The fourth-order valence-electron chi connectivity index (χ4n) is 2.04. The van der Waals surface area contributed by atoms with Crippen LogP contribution in [0.15, 0.2) is 48.5 Å². The van der Waals surface area contributed by atoms with Crippen LogP contribution in [-0.4, -0.2) is 11.7 Å². The molecular formula is C17H13N2O2. The van der Waals surface area contributed by atoms with E-state index in [4.69, 9.17) is 11.0 Å². The molecule has 2 N–H and O–H groups in total. The first-order chi connectivity index (χ1) is 10.1. The Balaban J connectivity index is 2.38. The van der Waals surface area contributed by atoms with Gasteiger partial charge in [-0.2, -0.15) is 5.26 Å². The number of nitrogens with zero attached hydrogens (tertiary/aromatic N) is 1. The zero-order valence-electron chi connectivity index (χ0n) is 11.2. The van der Waals surface area contributed by atoms with Crippen LogP contribution >= 0.6 is 0 Å². The van der Waals surface area contributed by atoms with Crippen molar-refractivity contribution in [2.75, 3.05) is 0 Å². The lowest BCUT2D eigenvalue weighted by molar-refractivity contribution is 0.0999. The maximum atomic E-state index is 12.3. The maximum Gasteiger partial charge on any atom is 0.249 e. The molecule has 4 heteroatoms. The molecule has 0 saturated heterocycles. The van der Waals surface area contributed by atoms with E-state index in [-0.39, 0.29) is 11.3 Å². The highest BCUT2D eigenvalue weighted by Crippen LogP contribution is 2.16. The van der Waals surface area contributed by atoms with Crippen molar-refractivity contribution in [3.63, 3.8) is 0 Å². The molecule has 1 radical (unpaired) electrons. The minimum absolute atomic E-state index is 0.172. The van der Waals surface area contributed by atoms with Crippen LogP contribution in [0, 0.1) is 17.8 Å². The number of benzene rings is 2. The Labute approximate surface area is 122 Å². The van der Waals surface area contributed by atoms with Gasteiger partial charge in [-0.1, -0.05) is 42.5 Å². The summed E-state index contributed by atoms with van der Waals surface area (Å²) in [4.78, 5) is 23.8. The molecule has 1 amide bonds. The summed E-state index contributed by atoms with van der Waals surface area (Å²) in [5, 5.41) is 8.57. The zero-order valence-corrected chi connectivity index (χ0v) is 11.2. The molecule has 2 aromatic carbocycles. The molecule has 21 heavy (non-hydrogen) atoms. The Bertz CT molecular complexity index is 715. The quantitative estimate of drug-likeness (QED) is 0.851. The van der Waals surface area contributed by atoms with Gasteiger partial charge in [0.25, 0.3) is 0 Å². The number of primary amides is 1. The summed E-state index contributed by atoms with van der Waals surface area (Å²) in [5.74, 6) is -0.784. The minimum Gasteiger partial charge on any atom is -0.366 e. The van der Waals surface area contributed by atoms with Gasteiger partial charge in [0.1, 0.15) is 0 Å². The zero-order chi connectivity index (χ0) is 15.2. The minimum atomic E-state index is -0.612. The van der Waals surface area contributed by atoms with Crippen LogP contribution < -0.4 is 5.73 Å². The fourth-order valence-corrected chi connectivity index (χ4v) is 2.04. The number of nitrogens with two attached hydrogens (primary N) is 1. The summed E-state index contributed by atoms with van der Waals surface area (Å²) in [7, 11) is 0. The van der Waals surface area contributed by atoms with E-state index in [1.165, 1.54) is 12.5 Å². The van der Waals surface area contributed by atoms with E-state index in [0.29, 0.717) is 23.1 Å². The molecule has 0 aromatic heterocycles. The lowest BCUT2D eigenvalue weighted by Gasteiger charge is -2.08. The molecular weight excluding hydrogens is 264 g/mol. The van der Waals surface area contributed by atoms with Crippen LogP contribution in [0.1, 0.15) is 31.8 Å². The molecule has 0 saturated carbocycles. The van der Waals surface area contributed by atoms with Crippen molar-refractivity contribution in [1.82, 2.24) is 0 Å². The number of rotatable bonds is 5. The normalized spacial score (nSPS) is 9.86. The van der Waals surface area contributed by atoms with E-state index in [0.717, 1.165) is 0 Å². The van der Waals surface area contributed by atoms with Crippen molar-refractivity contribution in [3.8, 4) is 6.07 Å². The molecule has 2 aromatic rings. The topological polar surface area (TPSA) is 83.9 Å². The van der Waals surface area contributed by atoms with Crippen LogP contribution in [0.2, 0.25) is 0 Å². The van der Waals surface area contributed by atoms with Gasteiger partial charge in [-0.3, -0.25) is 9.59 Å². The first-order valence-electron chi connectivity index (χ1n) is 6.37. The molecule has 0 bridgehead atoms. The molecule has 2 rings (SSSR count). The predicted molar refractivity (Wildman–Crippen MR) is 78.5 cm³/mol. The number of nitriles is 1. The monoisotopic (exact) mass is 277 g/mol. The predicted octanol–water partition coefficient (Wildman–Crippen LogP) is 2.29. The third kappa shape index (κ3) is 3.34. The van der Waals surface area contributed by atoms with Gasteiger partial charge in [0.2, 0.25) is 5.91 Å². The fraction of sp³-hybridized carbons (Fsp3) is 0.0588. The molecule has 0 atom stereocenters. The molecule has 4 nitrogen and oxygen atoms in total. The Morgan fingerprint density at radius 2 is 1.81 bits per heavy atom. The molecule has 0 spiro atoms. The van der Waals surface area contributed by atoms with Crippen molar-refractivity contribution in [2.45, 2.75) is 6.42 Å². The third-order valence-electron chi connectivity index (χ3n) is 3.09. The molecule has 0 aliphatic heterocycles. The number of ketones is 1. The Morgan fingerprint density at radius 1 is 1.10 bits per heavy atom. The smallest absolute Gasteiger partial charge is 0.249 e. The van der Waals surface area contributed by atoms with Crippen molar-refractivity contribution in [2.24, 2.45) is 5.73 Å². The number of carbonyl (C=O) groups is 2. The molecule has 0 heterocycles. The summed E-state index contributed by atoms with van der Waals surface area (Å²) in [5.41, 5.74) is 7.19. The van der Waals surface area contributed by atoms with Gasteiger partial charge in [-0.25, -0.2) is 0 Å². The summed E-state index contributed by atoms with van der Waals surface area (Å²) >= 11 is 0. The Kier molecular flexibility index (Phi) is 4.47. The van der Waals surface area contributed by atoms with Crippen LogP contribution in [0.3, 0.4) is 0 Å². The highest BCUT2D eigenvalue weighted by Gasteiger charge is 2.14. The van der Waals surface area contributed by atoms with Crippen molar-refractivity contribution >= 4 is 11.7 Å². The van der Waals surface area contributed by atoms with E-state index < -0.39 is 5.91 Å². The van der Waals surface area contributed by atoms with E-state index in [2.05, 4.69) is 0 Å². The number of carbonyl (C=O) groups excluding carboxylic acids is 2. The van der Waals surface area contributed by atoms with E-state index in [1.807, 2.05) is 12.1 Å². The molecule has 0 aliphatic carbocycles. The second-order valence-corrected chi connectivity index (χ2v) is 4.47. The van der Waals surface area contributed by atoms with Crippen LogP contribution in [0.25, 0.3) is 0 Å². The van der Waals surface area contributed by atoms with Crippen LogP contribution in [0.5, 0.6) is 0 Å². The van der Waals surface area contributed by atoms with Gasteiger partial charge in [0.15, 0.2) is 5.78 Å². The molecule has 103 valence electrons. The standard InChI is InChI=1S/C17H13N2O2/c18-10-4-7-12-8-9-14(11-15(12)17(19)21)16(20)13-5-2-1-3-6-13/h1-6,8-9,11H,7H2,(H2,19,21). The maximum absolute atomic E-state index is 12.3. The van der Waals surface area contributed by atoms with Crippen molar-refractivity contribution < 1.29 is 9.59 Å². The van der Waals surface area contributed by atoms with E-state index in [1.54, 1.807) is 36.4 Å². The average molecular weight is 277 g/mol. The van der Waals surface area contributed by atoms with Gasteiger partial charge >= 0.3 is 0 Å². The first-order valence-corrected chi connectivity index (χ1v) is 6.37. The Morgan fingerprint density at radius 3 is 2.43 bits per heavy atom. The van der Waals surface area contributed by atoms with Gasteiger partial charge in [0, 0.05) is 16.7 Å². The van der Waals surface area contributed by atoms with Crippen LogP contribution in [-0.2, 0) is 6.42 Å². The summed E-state index contributed by atoms with van der Waals surface area (Å²) in [6.45, 7) is 0. The van der Waals surface area contributed by atoms with Crippen LogP contribution in [0.4, 0.5) is 0 Å². The summed E-state index contributed by atoms with van der Waals surface area (Å²) in [6, 6.07) is 15.5. The largest absolute Gasteiger partial charge is 0.366 e.